The van der Waals surface area contributed by atoms with Crippen LogP contribution in [-0.2, 0) is 6.18 Å². The molecule has 8 nitrogen and oxygen atoms in total. The number of nitriles is 2. The van der Waals surface area contributed by atoms with Crippen LogP contribution in [-0.4, -0.2) is 19.9 Å². The summed E-state index contributed by atoms with van der Waals surface area (Å²) in [7, 11) is 0. The van der Waals surface area contributed by atoms with Crippen molar-refractivity contribution in [2.24, 2.45) is 9.98 Å². The van der Waals surface area contributed by atoms with Crippen molar-refractivity contribution in [2.45, 2.75) is 13.1 Å². The molecule has 2 heterocycles. The molecular formula is C40H19F3N8. The normalized spacial score (nSPS) is 12.9. The van der Waals surface area contributed by atoms with Crippen molar-refractivity contribution < 1.29 is 13.2 Å². The second-order valence-electron chi connectivity index (χ2n) is 12.3. The molecule has 9 aromatic rings. The van der Waals surface area contributed by atoms with E-state index >= 15 is 0 Å². The molecule has 0 saturated carbocycles. The summed E-state index contributed by atoms with van der Waals surface area (Å²) >= 11 is 0. The van der Waals surface area contributed by atoms with Crippen LogP contribution in [0, 0.1) is 29.8 Å². The Hall–Kier alpha value is -7.11. The lowest BCUT2D eigenvalue weighted by Gasteiger charge is -2.08. The number of fused-ring (bicyclic) bond motifs is 8. The highest BCUT2D eigenvalue weighted by molar-refractivity contribution is 6.13. The van der Waals surface area contributed by atoms with Gasteiger partial charge in [0.25, 0.3) is 0 Å². The summed E-state index contributed by atoms with van der Waals surface area (Å²) < 4.78 is 39.5. The van der Waals surface area contributed by atoms with Crippen molar-refractivity contribution in [3.05, 3.63) is 119 Å². The number of halogens is 3. The third-order valence-electron chi connectivity index (χ3n) is 9.21. The van der Waals surface area contributed by atoms with Crippen LogP contribution in [0.5, 0.6) is 0 Å². The maximum atomic E-state index is 13.2. The van der Waals surface area contributed by atoms with Crippen molar-refractivity contribution in [1.82, 2.24) is 19.9 Å². The summed E-state index contributed by atoms with van der Waals surface area (Å²) in [5.74, 6) is 0. The van der Waals surface area contributed by atoms with E-state index in [1.54, 1.807) is 24.3 Å². The predicted molar refractivity (Wildman–Crippen MR) is 188 cm³/mol. The van der Waals surface area contributed by atoms with Gasteiger partial charge in [-0.15, -0.1) is 0 Å². The predicted octanol–water partition coefficient (Wildman–Crippen LogP) is 8.49. The molecule has 0 bridgehead atoms. The lowest BCUT2D eigenvalue weighted by molar-refractivity contribution is -0.137. The van der Waals surface area contributed by atoms with Crippen molar-refractivity contribution in [2.75, 3.05) is 0 Å². The molecule has 0 fully saturated rings. The molecule has 0 radical (unpaired) electrons. The summed E-state index contributed by atoms with van der Waals surface area (Å²) in [6.45, 7) is 2.03. The molecule has 0 saturated heterocycles. The molecule has 0 atom stereocenters. The molecule has 0 N–H and O–H groups in total. The highest BCUT2D eigenvalue weighted by Crippen LogP contribution is 2.34. The van der Waals surface area contributed by atoms with Gasteiger partial charge >= 0.3 is 6.18 Å². The lowest BCUT2D eigenvalue weighted by Crippen LogP contribution is -2.04. The molecule has 11 heteroatoms. The Morgan fingerprint density at radius 1 is 0.490 bits per heavy atom. The van der Waals surface area contributed by atoms with E-state index in [4.69, 9.17) is 19.9 Å². The van der Waals surface area contributed by atoms with E-state index in [2.05, 4.69) is 22.1 Å². The number of hydrogen-bond donors (Lipinski definition) is 0. The highest BCUT2D eigenvalue weighted by atomic mass is 19.4. The van der Waals surface area contributed by atoms with Crippen molar-refractivity contribution in [3.63, 3.8) is 0 Å². The molecule has 0 aliphatic rings. The molecule has 51 heavy (non-hydrogen) atoms. The maximum absolute atomic E-state index is 13.2. The van der Waals surface area contributed by atoms with Crippen molar-refractivity contribution >= 4 is 65.7 Å². The molecule has 240 valence electrons. The van der Waals surface area contributed by atoms with Gasteiger partial charge < -0.3 is 0 Å². The Morgan fingerprint density at radius 3 is 1.29 bits per heavy atom. The summed E-state index contributed by atoms with van der Waals surface area (Å²) in [5.41, 5.74) is 7.83. The number of nitrogens with zero attached hydrogens (tertiary/aromatic N) is 8. The maximum Gasteiger partial charge on any atom is 0.416 e. The number of alkyl halides is 3. The lowest BCUT2D eigenvalue weighted by atomic mass is 10.0. The summed E-state index contributed by atoms with van der Waals surface area (Å²) in [5, 5.41) is 22.9. The Bertz CT molecular complexity index is 3140. The highest BCUT2D eigenvalue weighted by Gasteiger charge is 2.30. The Morgan fingerprint density at radius 2 is 0.882 bits per heavy atom. The zero-order chi connectivity index (χ0) is 35.0. The molecular weight excluding hydrogens is 649 g/mol. The smallest absolute Gasteiger partial charge is 0.244 e. The van der Waals surface area contributed by atoms with Gasteiger partial charge in [0, 0.05) is 21.5 Å². The fourth-order valence-electron chi connectivity index (χ4n) is 6.74. The third kappa shape index (κ3) is 4.75. The fourth-order valence-corrected chi connectivity index (χ4v) is 6.74. The zero-order valence-corrected chi connectivity index (χ0v) is 26.4. The van der Waals surface area contributed by atoms with Crippen LogP contribution in [0.15, 0.2) is 107 Å². The average molecular weight is 669 g/mol. The fraction of sp³-hybridized carbons (Fsp3) is 0.0500. The first-order valence-electron chi connectivity index (χ1n) is 15.7. The minimum atomic E-state index is -4.44. The van der Waals surface area contributed by atoms with Crippen molar-refractivity contribution in [3.8, 4) is 34.6 Å². The van der Waals surface area contributed by atoms with Gasteiger partial charge in [0.15, 0.2) is 0 Å². The molecule has 7 aromatic carbocycles. The van der Waals surface area contributed by atoms with Gasteiger partial charge in [-0.3, -0.25) is 0 Å². The van der Waals surface area contributed by atoms with Crippen LogP contribution in [0.3, 0.4) is 0 Å². The van der Waals surface area contributed by atoms with Crippen LogP contribution in [0.4, 0.5) is 13.2 Å². The van der Waals surface area contributed by atoms with Crippen LogP contribution in [0.2, 0.25) is 0 Å². The van der Waals surface area contributed by atoms with E-state index in [9.17, 15) is 23.7 Å². The van der Waals surface area contributed by atoms with Crippen LogP contribution >= 0.6 is 0 Å². The second kappa shape index (κ2) is 11.0. The molecule has 0 aliphatic carbocycles. The van der Waals surface area contributed by atoms with Gasteiger partial charge in [0.1, 0.15) is 21.7 Å². The molecule has 2 aromatic heterocycles. The average Bonchev–Trinajstić information content (AvgIpc) is 3.59. The molecule has 0 unspecified atom stereocenters. The summed E-state index contributed by atoms with van der Waals surface area (Å²) in [6.07, 6.45) is -0.652. The van der Waals surface area contributed by atoms with Gasteiger partial charge in [-0.05, 0) is 65.6 Å². The first-order chi connectivity index (χ1) is 24.7. The topological polar surface area (TPSA) is 124 Å². The van der Waals surface area contributed by atoms with Crippen LogP contribution in [0.25, 0.3) is 87.9 Å². The van der Waals surface area contributed by atoms with Gasteiger partial charge in [0.2, 0.25) is 12.4 Å². The molecule has 0 spiro atoms. The first-order valence-corrected chi connectivity index (χ1v) is 15.7. The minimum Gasteiger partial charge on any atom is -0.244 e. The van der Waals surface area contributed by atoms with E-state index < -0.39 is 11.7 Å². The SMILES string of the molecule is Cc1ccc(-c2ccc3c(c2)c(=NC#N)c2nc4cc5nc6c(nc5cc4nc23)c(=NC#N)c2cc(-c3ccc(C(F)(F)F)cc3)ccc26)cc1. The number of benzene rings is 5. The Kier molecular flexibility index (Phi) is 6.44. The van der Waals surface area contributed by atoms with Gasteiger partial charge in [0.05, 0.1) is 38.7 Å². The molecule has 0 aliphatic heterocycles. The van der Waals surface area contributed by atoms with Crippen LogP contribution < -0.4 is 10.7 Å². The van der Waals surface area contributed by atoms with E-state index in [0.717, 1.165) is 39.6 Å². The Labute approximate surface area is 285 Å². The number of hydrogen-bond acceptors (Lipinski definition) is 8. The van der Waals surface area contributed by atoms with Gasteiger partial charge in [-0.1, -0.05) is 66.2 Å². The van der Waals surface area contributed by atoms with E-state index in [0.29, 0.717) is 76.7 Å². The van der Waals surface area contributed by atoms with E-state index in [1.165, 1.54) is 12.1 Å². The molecule has 9 rings (SSSR count). The van der Waals surface area contributed by atoms with Crippen LogP contribution in [0.1, 0.15) is 11.1 Å². The van der Waals surface area contributed by atoms with E-state index in [1.807, 2.05) is 55.7 Å². The summed E-state index contributed by atoms with van der Waals surface area (Å²) in [6, 6.07) is 28.0. The summed E-state index contributed by atoms with van der Waals surface area (Å²) in [4.78, 5) is 28.0. The quantitative estimate of drug-likeness (QED) is 0.134. The van der Waals surface area contributed by atoms with Crippen molar-refractivity contribution in [1.29, 1.82) is 10.5 Å². The number of rotatable bonds is 2. The zero-order valence-electron chi connectivity index (χ0n) is 26.4. The number of aryl methyl sites for hydroxylation is 1. The second-order valence-corrected chi connectivity index (χ2v) is 12.3. The minimum absolute atomic E-state index is 0.321. The largest absolute Gasteiger partial charge is 0.416 e. The first kappa shape index (κ1) is 30.0. The standard InChI is InChI=1S/C40H19F3N8/c1-20-2-4-21(5-3-20)23-8-12-26-28(14-23)34(46-18-44)38-36(26)48-30-16-33-31(17-32(30)50-38)49-37-27-13-9-24(15-29(27)35(47-19-45)39(37)51-33)22-6-10-25(11-7-22)40(41,42)43/h2-17H,1H3. The van der Waals surface area contributed by atoms with E-state index in [-0.39, 0.29) is 0 Å². The number of aromatic nitrogens is 4. The van der Waals surface area contributed by atoms with Gasteiger partial charge in [-0.25, -0.2) is 19.9 Å². The molecule has 0 amide bonds. The monoisotopic (exact) mass is 668 g/mol. The Balaban J connectivity index is 1.24. The third-order valence-corrected chi connectivity index (χ3v) is 9.21. The van der Waals surface area contributed by atoms with Gasteiger partial charge in [-0.2, -0.15) is 33.7 Å².